The highest BCUT2D eigenvalue weighted by molar-refractivity contribution is 5.67. The van der Waals surface area contributed by atoms with Crippen molar-refractivity contribution < 1.29 is 14.6 Å². The Hall–Kier alpha value is -1.03. The van der Waals surface area contributed by atoms with Crippen LogP contribution >= 0.6 is 0 Å². The molecule has 0 aromatic carbocycles. The van der Waals surface area contributed by atoms with Gasteiger partial charge < -0.3 is 15.2 Å². The molecule has 5 fully saturated rings. The number of carbonyl (C=O) groups excluding carboxylic acids is 1. The molecule has 39 heavy (non-hydrogen) atoms. The molecule has 5 saturated carbocycles. The standard InChI is InChI=1S/C35H59NO3/c1-9-10-21-36-30(38)39-22-35-18-13-24(23(2)3)29(35)25-11-12-27-32(6)16-15-28(37)31(4,5)26(32)14-17-34(27,8)33(25,7)19-20-35/h24-29,37H,2,9-22H2,1,3-8H3,(H,36,38)/t24-,25+,26-,27+,28-,29+,32-,33+,34+,35+/m0/s1. The monoisotopic (exact) mass is 541 g/mol. The van der Waals surface area contributed by atoms with Crippen LogP contribution in [0.2, 0.25) is 0 Å². The predicted molar refractivity (Wildman–Crippen MR) is 159 cm³/mol. The van der Waals surface area contributed by atoms with Gasteiger partial charge in [0.05, 0.1) is 12.7 Å². The Labute approximate surface area is 239 Å². The van der Waals surface area contributed by atoms with Crippen molar-refractivity contribution in [2.45, 2.75) is 132 Å². The summed E-state index contributed by atoms with van der Waals surface area (Å²) >= 11 is 0. The number of rotatable bonds is 6. The fourth-order valence-corrected chi connectivity index (χ4v) is 12.2. The van der Waals surface area contributed by atoms with Gasteiger partial charge in [-0.3, -0.25) is 0 Å². The Bertz CT molecular complexity index is 960. The zero-order valence-electron chi connectivity index (χ0n) is 26.3. The molecule has 0 spiro atoms. The van der Waals surface area contributed by atoms with Gasteiger partial charge in [0.25, 0.3) is 0 Å². The number of unbranched alkanes of at least 4 members (excludes halogenated alkanes) is 1. The number of aliphatic hydroxyl groups excluding tert-OH is 1. The molecule has 10 atom stereocenters. The molecule has 0 unspecified atom stereocenters. The van der Waals surface area contributed by atoms with E-state index in [2.05, 4.69) is 60.4 Å². The number of alkyl carbamates (subject to hydrolysis) is 1. The van der Waals surface area contributed by atoms with Crippen LogP contribution in [-0.4, -0.2) is 30.5 Å². The van der Waals surface area contributed by atoms with Gasteiger partial charge in [0.1, 0.15) is 0 Å². The molecule has 5 aliphatic rings. The first-order valence-electron chi connectivity index (χ1n) is 16.5. The second kappa shape index (κ2) is 10.1. The molecule has 5 aliphatic carbocycles. The number of fused-ring (bicyclic) bond motifs is 7. The number of ether oxygens (including phenoxy) is 1. The number of aliphatic hydroxyl groups is 1. The minimum absolute atomic E-state index is 0.000652. The summed E-state index contributed by atoms with van der Waals surface area (Å²) in [4.78, 5) is 12.6. The summed E-state index contributed by atoms with van der Waals surface area (Å²) in [5.74, 6) is 3.08. The highest BCUT2D eigenvalue weighted by atomic mass is 16.5. The van der Waals surface area contributed by atoms with Gasteiger partial charge in [-0.15, -0.1) is 0 Å². The number of amides is 1. The molecule has 4 heteroatoms. The van der Waals surface area contributed by atoms with Crippen LogP contribution in [0.3, 0.4) is 0 Å². The summed E-state index contributed by atoms with van der Waals surface area (Å²) in [5.41, 5.74) is 2.34. The zero-order chi connectivity index (χ0) is 28.4. The lowest BCUT2D eigenvalue weighted by Gasteiger charge is -2.73. The Kier molecular flexibility index (Phi) is 7.60. The first-order valence-corrected chi connectivity index (χ1v) is 16.5. The predicted octanol–water partition coefficient (Wildman–Crippen LogP) is 8.53. The van der Waals surface area contributed by atoms with Gasteiger partial charge in [0, 0.05) is 12.0 Å². The topological polar surface area (TPSA) is 58.6 Å². The molecule has 0 bridgehead atoms. The smallest absolute Gasteiger partial charge is 0.407 e. The quantitative estimate of drug-likeness (QED) is 0.262. The van der Waals surface area contributed by atoms with E-state index in [1.165, 1.54) is 56.9 Å². The number of carbonyl (C=O) groups is 1. The summed E-state index contributed by atoms with van der Waals surface area (Å²) in [6, 6.07) is 0. The van der Waals surface area contributed by atoms with Crippen molar-refractivity contribution in [2.24, 2.45) is 56.7 Å². The largest absolute Gasteiger partial charge is 0.449 e. The van der Waals surface area contributed by atoms with Crippen molar-refractivity contribution in [3.05, 3.63) is 12.2 Å². The third-order valence-electron chi connectivity index (χ3n) is 14.5. The lowest BCUT2D eigenvalue weighted by Crippen LogP contribution is -2.66. The second-order valence-corrected chi connectivity index (χ2v) is 16.3. The van der Waals surface area contributed by atoms with Gasteiger partial charge in [0.2, 0.25) is 0 Å². The van der Waals surface area contributed by atoms with Crippen molar-refractivity contribution in [2.75, 3.05) is 13.2 Å². The van der Waals surface area contributed by atoms with Crippen molar-refractivity contribution in [3.8, 4) is 0 Å². The van der Waals surface area contributed by atoms with Gasteiger partial charge in [0.15, 0.2) is 0 Å². The Morgan fingerprint density at radius 3 is 2.36 bits per heavy atom. The lowest BCUT2D eigenvalue weighted by molar-refractivity contribution is -0.249. The molecule has 222 valence electrons. The van der Waals surface area contributed by atoms with Crippen molar-refractivity contribution in [3.63, 3.8) is 0 Å². The minimum Gasteiger partial charge on any atom is -0.449 e. The normalized spacial score (nSPS) is 48.2. The van der Waals surface area contributed by atoms with Crippen LogP contribution in [-0.2, 0) is 4.74 Å². The molecule has 0 radical (unpaired) electrons. The van der Waals surface area contributed by atoms with E-state index in [9.17, 15) is 9.90 Å². The van der Waals surface area contributed by atoms with Crippen LogP contribution in [0.4, 0.5) is 4.79 Å². The Balaban J connectivity index is 1.44. The second-order valence-electron chi connectivity index (χ2n) is 16.3. The molecule has 0 aromatic rings. The van der Waals surface area contributed by atoms with E-state index in [1.807, 2.05) is 0 Å². The summed E-state index contributed by atoms with van der Waals surface area (Å²) in [6.45, 7) is 22.8. The number of allylic oxidation sites excluding steroid dienone is 1. The fourth-order valence-electron chi connectivity index (χ4n) is 12.2. The molecule has 2 N–H and O–H groups in total. The van der Waals surface area contributed by atoms with Crippen LogP contribution in [0, 0.1) is 56.7 Å². The molecular formula is C35H59NO3. The maximum atomic E-state index is 12.6. The average Bonchev–Trinajstić information content (AvgIpc) is 3.26. The van der Waals surface area contributed by atoms with E-state index >= 15 is 0 Å². The molecule has 5 rings (SSSR count). The fraction of sp³-hybridized carbons (Fsp3) is 0.914. The van der Waals surface area contributed by atoms with Gasteiger partial charge in [-0.25, -0.2) is 4.79 Å². The van der Waals surface area contributed by atoms with E-state index in [0.29, 0.717) is 53.1 Å². The minimum atomic E-state index is -0.229. The van der Waals surface area contributed by atoms with Crippen molar-refractivity contribution >= 4 is 6.09 Å². The summed E-state index contributed by atoms with van der Waals surface area (Å²) < 4.78 is 6.02. The number of nitrogens with one attached hydrogen (secondary N) is 1. The van der Waals surface area contributed by atoms with Gasteiger partial charge in [-0.1, -0.05) is 60.1 Å². The van der Waals surface area contributed by atoms with E-state index in [0.717, 1.165) is 31.6 Å². The summed E-state index contributed by atoms with van der Waals surface area (Å²) in [5, 5.41) is 14.0. The molecule has 4 nitrogen and oxygen atoms in total. The maximum absolute atomic E-state index is 12.6. The summed E-state index contributed by atoms with van der Waals surface area (Å²) in [6.07, 6.45) is 13.7. The molecule has 1 amide bonds. The SMILES string of the molecule is C=C(C)[C@@H]1CC[C@]2(COC(=O)NCCCC)CC[C@]3(C)[C@H](CC[C@@H]4[C@@]5(C)CC[C@H](O)C(C)(C)[C@@H]5CC[C@]43C)[C@@H]12. The van der Waals surface area contributed by atoms with Crippen LogP contribution in [0.5, 0.6) is 0 Å². The Morgan fingerprint density at radius 1 is 0.923 bits per heavy atom. The van der Waals surface area contributed by atoms with Crippen LogP contribution in [0.15, 0.2) is 12.2 Å². The van der Waals surface area contributed by atoms with E-state index in [-0.39, 0.29) is 23.0 Å². The van der Waals surface area contributed by atoms with Crippen molar-refractivity contribution in [1.29, 1.82) is 0 Å². The van der Waals surface area contributed by atoms with Gasteiger partial charge >= 0.3 is 6.09 Å². The van der Waals surface area contributed by atoms with Gasteiger partial charge in [-0.05, 0) is 129 Å². The lowest BCUT2D eigenvalue weighted by atomic mass is 9.32. The van der Waals surface area contributed by atoms with E-state index in [4.69, 9.17) is 4.74 Å². The third-order valence-corrected chi connectivity index (χ3v) is 14.5. The summed E-state index contributed by atoms with van der Waals surface area (Å²) in [7, 11) is 0. The molecule has 0 saturated heterocycles. The molecular weight excluding hydrogens is 482 g/mol. The zero-order valence-corrected chi connectivity index (χ0v) is 26.3. The van der Waals surface area contributed by atoms with E-state index < -0.39 is 0 Å². The van der Waals surface area contributed by atoms with Crippen LogP contribution in [0.25, 0.3) is 0 Å². The third kappa shape index (κ3) is 4.26. The average molecular weight is 542 g/mol. The van der Waals surface area contributed by atoms with Crippen LogP contribution in [0.1, 0.15) is 126 Å². The highest BCUT2D eigenvalue weighted by Crippen LogP contribution is 2.77. The highest BCUT2D eigenvalue weighted by Gasteiger charge is 2.71. The van der Waals surface area contributed by atoms with Crippen LogP contribution < -0.4 is 5.32 Å². The molecule has 0 heterocycles. The number of hydrogen-bond acceptors (Lipinski definition) is 3. The number of hydrogen-bond donors (Lipinski definition) is 2. The first-order chi connectivity index (χ1) is 18.3. The van der Waals surface area contributed by atoms with Crippen molar-refractivity contribution in [1.82, 2.24) is 5.32 Å². The maximum Gasteiger partial charge on any atom is 0.407 e. The van der Waals surface area contributed by atoms with Gasteiger partial charge in [-0.2, -0.15) is 0 Å². The molecule has 0 aliphatic heterocycles. The first kappa shape index (κ1) is 29.5. The van der Waals surface area contributed by atoms with E-state index in [1.54, 1.807) is 0 Å². The Morgan fingerprint density at radius 2 is 1.67 bits per heavy atom. The molecule has 0 aromatic heterocycles.